The molecule has 1 fully saturated rings. The van der Waals surface area contributed by atoms with E-state index in [2.05, 4.69) is 42.6 Å². The third kappa shape index (κ3) is 2.78. The van der Waals surface area contributed by atoms with Gasteiger partial charge in [-0.25, -0.2) is 0 Å². The normalized spacial score (nSPS) is 27.7. The van der Waals surface area contributed by atoms with Gasteiger partial charge in [-0.15, -0.1) is 0 Å². The van der Waals surface area contributed by atoms with Crippen molar-refractivity contribution in [1.82, 2.24) is 0 Å². The van der Waals surface area contributed by atoms with E-state index in [9.17, 15) is 0 Å². The van der Waals surface area contributed by atoms with Crippen molar-refractivity contribution in [3.05, 3.63) is 36.4 Å². The highest BCUT2D eigenvalue weighted by Crippen LogP contribution is 2.43. The molecule has 2 aliphatic carbocycles. The first-order valence-corrected chi connectivity index (χ1v) is 7.51. The highest BCUT2D eigenvalue weighted by molar-refractivity contribution is 5.56. The molecule has 0 heterocycles. The van der Waals surface area contributed by atoms with E-state index in [4.69, 9.17) is 4.74 Å². The molecule has 3 rings (SSSR count). The van der Waals surface area contributed by atoms with E-state index in [0.29, 0.717) is 0 Å². The van der Waals surface area contributed by atoms with Crippen LogP contribution >= 0.6 is 0 Å². The number of anilines is 1. The molecule has 0 amide bonds. The summed E-state index contributed by atoms with van der Waals surface area (Å²) in [5.41, 5.74) is 1.14. The van der Waals surface area contributed by atoms with Gasteiger partial charge in [-0.05, 0) is 49.1 Å². The summed E-state index contributed by atoms with van der Waals surface area (Å²) in [6.45, 7) is 3.99. The molecule has 2 aliphatic rings. The van der Waals surface area contributed by atoms with Crippen molar-refractivity contribution < 1.29 is 4.74 Å². The lowest BCUT2D eigenvalue weighted by atomic mass is 9.93. The molecule has 3 unspecified atom stereocenters. The van der Waals surface area contributed by atoms with Crippen molar-refractivity contribution in [3.8, 4) is 5.75 Å². The minimum atomic E-state index is 0.787. The smallest absolute Gasteiger partial charge is 0.142 e. The Hall–Kier alpha value is -1.44. The number of fused-ring (bicyclic) bond motifs is 2. The monoisotopic (exact) mass is 257 g/mol. The minimum Gasteiger partial charge on any atom is -0.491 e. The number of hydrogen-bond acceptors (Lipinski definition) is 2. The molecule has 0 radical (unpaired) electrons. The SMILES string of the molecule is CCCOc1ccccc1NCC1CC2C=CC1C2. The Morgan fingerprint density at radius 3 is 2.84 bits per heavy atom. The third-order valence-corrected chi connectivity index (χ3v) is 4.32. The van der Waals surface area contributed by atoms with Crippen LogP contribution in [0.2, 0.25) is 0 Å². The molecular weight excluding hydrogens is 234 g/mol. The van der Waals surface area contributed by atoms with Crippen molar-refractivity contribution in [2.24, 2.45) is 17.8 Å². The van der Waals surface area contributed by atoms with E-state index in [1.165, 1.54) is 12.8 Å². The van der Waals surface area contributed by atoms with Gasteiger partial charge in [0, 0.05) is 6.54 Å². The molecule has 1 aromatic rings. The first-order valence-electron chi connectivity index (χ1n) is 7.51. The molecule has 1 N–H and O–H groups in total. The largest absolute Gasteiger partial charge is 0.491 e. The van der Waals surface area contributed by atoms with Crippen molar-refractivity contribution in [1.29, 1.82) is 0 Å². The van der Waals surface area contributed by atoms with Gasteiger partial charge in [0.25, 0.3) is 0 Å². The molecule has 3 atom stereocenters. The number of hydrogen-bond donors (Lipinski definition) is 1. The predicted octanol–water partition coefficient (Wildman–Crippen LogP) is 4.10. The first-order chi connectivity index (χ1) is 9.36. The maximum atomic E-state index is 5.79. The lowest BCUT2D eigenvalue weighted by Gasteiger charge is -2.20. The summed E-state index contributed by atoms with van der Waals surface area (Å²) in [4.78, 5) is 0. The topological polar surface area (TPSA) is 21.3 Å². The van der Waals surface area contributed by atoms with Crippen LogP contribution in [0.1, 0.15) is 26.2 Å². The Labute approximate surface area is 115 Å². The van der Waals surface area contributed by atoms with Gasteiger partial charge in [0.05, 0.1) is 12.3 Å². The molecular formula is C17H23NO. The van der Waals surface area contributed by atoms with Crippen molar-refractivity contribution in [3.63, 3.8) is 0 Å². The Kier molecular flexibility index (Phi) is 3.77. The quantitative estimate of drug-likeness (QED) is 0.775. The molecule has 1 saturated carbocycles. The van der Waals surface area contributed by atoms with Crippen LogP contribution in [0.3, 0.4) is 0 Å². The van der Waals surface area contributed by atoms with Crippen molar-refractivity contribution in [2.45, 2.75) is 26.2 Å². The lowest BCUT2D eigenvalue weighted by molar-refractivity contribution is 0.318. The van der Waals surface area contributed by atoms with Crippen LogP contribution < -0.4 is 10.1 Å². The predicted molar refractivity (Wildman–Crippen MR) is 79.6 cm³/mol. The Morgan fingerprint density at radius 2 is 2.11 bits per heavy atom. The van der Waals surface area contributed by atoms with E-state index in [0.717, 1.165) is 48.8 Å². The average Bonchev–Trinajstić information content (AvgIpc) is 3.06. The van der Waals surface area contributed by atoms with Gasteiger partial charge in [0.1, 0.15) is 5.75 Å². The average molecular weight is 257 g/mol. The number of benzene rings is 1. The third-order valence-electron chi connectivity index (χ3n) is 4.32. The minimum absolute atomic E-state index is 0.787. The number of nitrogens with one attached hydrogen (secondary N) is 1. The van der Waals surface area contributed by atoms with Crippen LogP contribution in [0, 0.1) is 17.8 Å². The van der Waals surface area contributed by atoms with Crippen molar-refractivity contribution in [2.75, 3.05) is 18.5 Å². The molecule has 1 aromatic carbocycles. The van der Waals surface area contributed by atoms with E-state index >= 15 is 0 Å². The van der Waals surface area contributed by atoms with Crippen LogP contribution in [0.4, 0.5) is 5.69 Å². The van der Waals surface area contributed by atoms with Gasteiger partial charge in [0.2, 0.25) is 0 Å². The summed E-state index contributed by atoms with van der Waals surface area (Å²) in [5.74, 6) is 3.45. The van der Waals surface area contributed by atoms with E-state index < -0.39 is 0 Å². The maximum Gasteiger partial charge on any atom is 0.142 e. The van der Waals surface area contributed by atoms with Gasteiger partial charge < -0.3 is 10.1 Å². The molecule has 2 heteroatoms. The van der Waals surface area contributed by atoms with Crippen LogP contribution in [-0.2, 0) is 0 Å². The van der Waals surface area contributed by atoms with Crippen LogP contribution in [0.15, 0.2) is 36.4 Å². The Morgan fingerprint density at radius 1 is 1.21 bits per heavy atom. The van der Waals surface area contributed by atoms with Gasteiger partial charge in [-0.2, -0.15) is 0 Å². The van der Waals surface area contributed by atoms with Gasteiger partial charge >= 0.3 is 0 Å². The fourth-order valence-electron chi connectivity index (χ4n) is 3.32. The first kappa shape index (κ1) is 12.6. The summed E-state index contributed by atoms with van der Waals surface area (Å²) < 4.78 is 5.79. The number of rotatable bonds is 6. The standard InChI is InChI=1S/C17H23NO/c1-2-9-19-17-6-4-3-5-16(17)18-12-15-11-13-7-8-14(15)10-13/h3-8,13-15,18H,2,9-12H2,1H3. The fourth-order valence-corrected chi connectivity index (χ4v) is 3.32. The van der Waals surface area contributed by atoms with Gasteiger partial charge in [-0.3, -0.25) is 0 Å². The zero-order chi connectivity index (χ0) is 13.1. The lowest BCUT2D eigenvalue weighted by Crippen LogP contribution is -2.18. The summed E-state index contributed by atoms with van der Waals surface area (Å²) in [5, 5.41) is 3.59. The second kappa shape index (κ2) is 5.68. The van der Waals surface area contributed by atoms with Gasteiger partial charge in [-0.1, -0.05) is 31.2 Å². The summed E-state index contributed by atoms with van der Waals surface area (Å²) in [6.07, 6.45) is 8.59. The number of para-hydroxylation sites is 2. The maximum absolute atomic E-state index is 5.79. The molecule has 102 valence electrons. The fraction of sp³-hybridized carbons (Fsp3) is 0.529. The number of ether oxygens (including phenoxy) is 1. The van der Waals surface area contributed by atoms with E-state index in [1.807, 2.05) is 6.07 Å². The van der Waals surface area contributed by atoms with Crippen LogP contribution in [0.25, 0.3) is 0 Å². The van der Waals surface area contributed by atoms with E-state index in [1.54, 1.807) is 0 Å². The highest BCUT2D eigenvalue weighted by atomic mass is 16.5. The number of allylic oxidation sites excluding steroid dienone is 2. The summed E-state index contributed by atoms with van der Waals surface area (Å²) in [6, 6.07) is 8.28. The molecule has 0 aliphatic heterocycles. The molecule has 2 nitrogen and oxygen atoms in total. The summed E-state index contributed by atoms with van der Waals surface area (Å²) in [7, 11) is 0. The zero-order valence-corrected chi connectivity index (χ0v) is 11.6. The highest BCUT2D eigenvalue weighted by Gasteiger charge is 2.35. The van der Waals surface area contributed by atoms with Crippen LogP contribution in [0.5, 0.6) is 5.75 Å². The van der Waals surface area contributed by atoms with E-state index in [-0.39, 0.29) is 0 Å². The van der Waals surface area contributed by atoms with Crippen LogP contribution in [-0.4, -0.2) is 13.2 Å². The second-order valence-corrected chi connectivity index (χ2v) is 5.77. The molecule has 0 saturated heterocycles. The van der Waals surface area contributed by atoms with Gasteiger partial charge in [0.15, 0.2) is 0 Å². The molecule has 0 spiro atoms. The summed E-state index contributed by atoms with van der Waals surface area (Å²) >= 11 is 0. The zero-order valence-electron chi connectivity index (χ0n) is 11.6. The molecule has 0 aromatic heterocycles. The second-order valence-electron chi connectivity index (χ2n) is 5.77. The Bertz CT molecular complexity index is 454. The van der Waals surface area contributed by atoms with Crippen molar-refractivity contribution >= 4 is 5.69 Å². The Balaban J connectivity index is 1.59. The molecule has 19 heavy (non-hydrogen) atoms. The molecule has 2 bridgehead atoms.